The highest BCUT2D eigenvalue weighted by Gasteiger charge is 2.27. The summed E-state index contributed by atoms with van der Waals surface area (Å²) in [4.78, 5) is 23.1. The van der Waals surface area contributed by atoms with E-state index in [1.54, 1.807) is 0 Å². The van der Waals surface area contributed by atoms with Gasteiger partial charge >= 0.3 is 5.97 Å². The van der Waals surface area contributed by atoms with Crippen LogP contribution in [0.5, 0.6) is 0 Å². The van der Waals surface area contributed by atoms with E-state index in [1.807, 2.05) is 6.92 Å². The average Bonchev–Trinajstić information content (AvgIpc) is 2.44. The van der Waals surface area contributed by atoms with E-state index in [9.17, 15) is 9.59 Å². The number of carbonyl (C=O) groups is 2. The third kappa shape index (κ3) is 5.49. The van der Waals surface area contributed by atoms with E-state index >= 15 is 0 Å². The minimum Gasteiger partial charge on any atom is -0.469 e. The predicted molar refractivity (Wildman–Crippen MR) is 76.2 cm³/mol. The number of hydrogen-bond donors (Lipinski definition) is 1. The van der Waals surface area contributed by atoms with E-state index in [2.05, 4.69) is 19.2 Å². The summed E-state index contributed by atoms with van der Waals surface area (Å²) >= 11 is 0. The summed E-state index contributed by atoms with van der Waals surface area (Å²) in [7, 11) is 1.42. The molecule has 0 bridgehead atoms. The van der Waals surface area contributed by atoms with E-state index in [-0.39, 0.29) is 36.5 Å². The van der Waals surface area contributed by atoms with Crippen molar-refractivity contribution in [3.8, 4) is 0 Å². The maximum Gasteiger partial charge on any atom is 0.308 e. The number of nitrogens with one attached hydrogen (secondary N) is 1. The fraction of sp³-hybridized carbons (Fsp3) is 0.867. The molecule has 1 atom stereocenters. The summed E-state index contributed by atoms with van der Waals surface area (Å²) in [6.45, 7) is 6.23. The summed E-state index contributed by atoms with van der Waals surface area (Å²) in [6, 6.07) is 0.154. The van der Waals surface area contributed by atoms with Crippen LogP contribution in [-0.4, -0.2) is 37.7 Å². The van der Waals surface area contributed by atoms with Gasteiger partial charge in [-0.05, 0) is 38.5 Å². The molecule has 5 heteroatoms. The van der Waals surface area contributed by atoms with Crippen LogP contribution < -0.4 is 5.32 Å². The zero-order valence-corrected chi connectivity index (χ0v) is 13.0. The standard InChI is InChI=1S/C15H27NO4/c1-10(2)11(3)16-14(17)9-20-13-7-5-12(6-8-13)15(18)19-4/h10-13H,5-9H2,1-4H3,(H,16,17). The largest absolute Gasteiger partial charge is 0.469 e. The predicted octanol–water partition coefficient (Wildman–Crippen LogP) is 1.90. The van der Waals surface area contributed by atoms with Gasteiger partial charge in [-0.2, -0.15) is 0 Å². The third-order valence-corrected chi connectivity index (χ3v) is 4.05. The first-order chi connectivity index (χ1) is 9.43. The molecule has 0 saturated heterocycles. The second kappa shape index (κ2) is 8.25. The Hall–Kier alpha value is -1.10. The van der Waals surface area contributed by atoms with Crippen LogP contribution in [0, 0.1) is 11.8 Å². The maximum atomic E-state index is 11.7. The minimum atomic E-state index is -0.132. The first-order valence-corrected chi connectivity index (χ1v) is 7.42. The molecule has 0 heterocycles. The molecule has 0 aromatic carbocycles. The number of carbonyl (C=O) groups excluding carboxylic acids is 2. The van der Waals surface area contributed by atoms with E-state index < -0.39 is 0 Å². The van der Waals surface area contributed by atoms with Gasteiger partial charge in [0.2, 0.25) is 5.91 Å². The smallest absolute Gasteiger partial charge is 0.308 e. The molecule has 0 aromatic heterocycles. The molecule has 5 nitrogen and oxygen atoms in total. The van der Waals surface area contributed by atoms with E-state index in [4.69, 9.17) is 9.47 Å². The highest BCUT2D eigenvalue weighted by Crippen LogP contribution is 2.26. The molecule has 0 aromatic rings. The topological polar surface area (TPSA) is 64.6 Å². The van der Waals surface area contributed by atoms with Crippen molar-refractivity contribution in [1.29, 1.82) is 0 Å². The third-order valence-electron chi connectivity index (χ3n) is 4.05. The molecule has 1 aliphatic rings. The number of methoxy groups -OCH3 is 1. The highest BCUT2D eigenvalue weighted by molar-refractivity contribution is 5.77. The summed E-state index contributed by atoms with van der Waals surface area (Å²) < 4.78 is 10.4. The molecule has 1 aliphatic carbocycles. The Balaban J connectivity index is 2.21. The van der Waals surface area contributed by atoms with Crippen molar-refractivity contribution < 1.29 is 19.1 Å². The molecule has 1 fully saturated rings. The van der Waals surface area contributed by atoms with Crippen LogP contribution in [0.1, 0.15) is 46.5 Å². The normalized spacial score (nSPS) is 24.2. The zero-order chi connectivity index (χ0) is 15.1. The molecule has 1 rings (SSSR count). The van der Waals surface area contributed by atoms with Crippen molar-refractivity contribution in [2.24, 2.45) is 11.8 Å². The van der Waals surface area contributed by atoms with Gasteiger partial charge < -0.3 is 14.8 Å². The number of esters is 1. The molecule has 1 saturated carbocycles. The van der Waals surface area contributed by atoms with Gasteiger partial charge in [0.1, 0.15) is 6.61 Å². The Morgan fingerprint density at radius 2 is 1.75 bits per heavy atom. The van der Waals surface area contributed by atoms with Crippen LogP contribution in [0.15, 0.2) is 0 Å². The van der Waals surface area contributed by atoms with Gasteiger partial charge in [-0.3, -0.25) is 9.59 Å². The summed E-state index contributed by atoms with van der Waals surface area (Å²) in [6.07, 6.45) is 3.26. The Kier molecular flexibility index (Phi) is 6.99. The van der Waals surface area contributed by atoms with Crippen molar-refractivity contribution in [2.75, 3.05) is 13.7 Å². The van der Waals surface area contributed by atoms with E-state index in [0.29, 0.717) is 5.92 Å². The molecule has 1 N–H and O–H groups in total. The van der Waals surface area contributed by atoms with Gasteiger partial charge in [0, 0.05) is 6.04 Å². The van der Waals surface area contributed by atoms with Crippen LogP contribution >= 0.6 is 0 Å². The van der Waals surface area contributed by atoms with Gasteiger partial charge in [0.25, 0.3) is 0 Å². The number of hydrogen-bond acceptors (Lipinski definition) is 4. The monoisotopic (exact) mass is 285 g/mol. The SMILES string of the molecule is COC(=O)C1CCC(OCC(=O)NC(C)C(C)C)CC1. The zero-order valence-electron chi connectivity index (χ0n) is 13.0. The lowest BCUT2D eigenvalue weighted by Gasteiger charge is -2.27. The van der Waals surface area contributed by atoms with Crippen LogP contribution in [0.3, 0.4) is 0 Å². The van der Waals surface area contributed by atoms with E-state index in [0.717, 1.165) is 25.7 Å². The van der Waals surface area contributed by atoms with Crippen molar-refractivity contribution in [3.63, 3.8) is 0 Å². The molecule has 20 heavy (non-hydrogen) atoms. The number of rotatable bonds is 6. The molecule has 0 spiro atoms. The first-order valence-electron chi connectivity index (χ1n) is 7.42. The van der Waals surface area contributed by atoms with Gasteiger partial charge in [-0.1, -0.05) is 13.8 Å². The minimum absolute atomic E-state index is 0.00496. The van der Waals surface area contributed by atoms with Crippen molar-refractivity contribution in [1.82, 2.24) is 5.32 Å². The molecule has 1 amide bonds. The second-order valence-electron chi connectivity index (χ2n) is 5.91. The molecule has 116 valence electrons. The molecular weight excluding hydrogens is 258 g/mol. The number of amides is 1. The van der Waals surface area contributed by atoms with Gasteiger partial charge in [-0.15, -0.1) is 0 Å². The van der Waals surface area contributed by atoms with Crippen molar-refractivity contribution >= 4 is 11.9 Å². The lowest BCUT2D eigenvalue weighted by molar-refractivity contribution is -0.148. The van der Waals surface area contributed by atoms with Gasteiger partial charge in [0.05, 0.1) is 19.1 Å². The van der Waals surface area contributed by atoms with Gasteiger partial charge in [-0.25, -0.2) is 0 Å². The van der Waals surface area contributed by atoms with Gasteiger partial charge in [0.15, 0.2) is 0 Å². The summed E-state index contributed by atoms with van der Waals surface area (Å²) in [5.41, 5.74) is 0. The van der Waals surface area contributed by atoms with Crippen LogP contribution in [0.4, 0.5) is 0 Å². The highest BCUT2D eigenvalue weighted by atomic mass is 16.5. The van der Waals surface area contributed by atoms with E-state index in [1.165, 1.54) is 7.11 Å². The Morgan fingerprint density at radius 1 is 1.15 bits per heavy atom. The first kappa shape index (κ1) is 17.0. The fourth-order valence-electron chi connectivity index (χ4n) is 2.29. The van der Waals surface area contributed by atoms with Crippen molar-refractivity contribution in [2.45, 2.75) is 58.6 Å². The molecular formula is C15H27NO4. The molecule has 0 radical (unpaired) electrons. The second-order valence-corrected chi connectivity index (χ2v) is 5.91. The summed E-state index contributed by atoms with van der Waals surface area (Å²) in [5, 5.41) is 2.92. The van der Waals surface area contributed by atoms with Crippen LogP contribution in [0.2, 0.25) is 0 Å². The molecule has 1 unspecified atom stereocenters. The molecule has 0 aliphatic heterocycles. The lowest BCUT2D eigenvalue weighted by atomic mass is 9.87. The van der Waals surface area contributed by atoms with Crippen LogP contribution in [-0.2, 0) is 19.1 Å². The average molecular weight is 285 g/mol. The maximum absolute atomic E-state index is 11.7. The van der Waals surface area contributed by atoms with Crippen molar-refractivity contribution in [3.05, 3.63) is 0 Å². The number of ether oxygens (including phenoxy) is 2. The summed E-state index contributed by atoms with van der Waals surface area (Å²) in [5.74, 6) is 0.206. The Morgan fingerprint density at radius 3 is 2.25 bits per heavy atom. The lowest BCUT2D eigenvalue weighted by Crippen LogP contribution is -2.39. The quantitative estimate of drug-likeness (QED) is 0.757. The Labute approximate surface area is 121 Å². The fourth-order valence-corrected chi connectivity index (χ4v) is 2.29. The Bertz CT molecular complexity index is 322. The van der Waals surface area contributed by atoms with Crippen LogP contribution in [0.25, 0.3) is 0 Å².